The minimum atomic E-state index is -0.0145. The van der Waals surface area contributed by atoms with Crippen molar-refractivity contribution in [2.75, 3.05) is 44.9 Å². The molecule has 2 atom stereocenters. The van der Waals surface area contributed by atoms with Crippen LogP contribution >= 0.6 is 0 Å². The monoisotopic (exact) mass is 332 g/mol. The average molecular weight is 332 g/mol. The molecule has 1 amide bonds. The summed E-state index contributed by atoms with van der Waals surface area (Å²) >= 11 is 0. The van der Waals surface area contributed by atoms with Crippen molar-refractivity contribution in [3.8, 4) is 0 Å². The van der Waals surface area contributed by atoms with Crippen LogP contribution in [0, 0.1) is 5.92 Å². The molecule has 2 fully saturated rings. The number of carbonyl (C=O) groups excluding carboxylic acids is 1. The van der Waals surface area contributed by atoms with E-state index in [4.69, 9.17) is 9.47 Å². The molecule has 3 rings (SSSR count). The average Bonchev–Trinajstić information content (AvgIpc) is 2.63. The Labute approximate surface area is 144 Å². The quantitative estimate of drug-likeness (QED) is 0.848. The van der Waals surface area contributed by atoms with Crippen LogP contribution in [0.4, 0.5) is 5.69 Å². The molecular weight excluding hydrogens is 304 g/mol. The van der Waals surface area contributed by atoms with Gasteiger partial charge in [-0.25, -0.2) is 0 Å². The normalized spacial score (nSPS) is 24.7. The summed E-state index contributed by atoms with van der Waals surface area (Å²) in [6.07, 6.45) is 1.91. The van der Waals surface area contributed by atoms with E-state index in [2.05, 4.69) is 23.1 Å². The second kappa shape index (κ2) is 7.99. The molecule has 5 heteroatoms. The van der Waals surface area contributed by atoms with Gasteiger partial charge in [0.05, 0.1) is 25.2 Å². The van der Waals surface area contributed by atoms with E-state index in [0.29, 0.717) is 6.54 Å². The van der Waals surface area contributed by atoms with Gasteiger partial charge in [0.1, 0.15) is 0 Å². The van der Waals surface area contributed by atoms with Crippen LogP contribution in [0.15, 0.2) is 24.3 Å². The molecule has 0 N–H and O–H groups in total. The van der Waals surface area contributed by atoms with Crippen LogP contribution in [0.25, 0.3) is 0 Å². The fourth-order valence-corrected chi connectivity index (χ4v) is 3.62. The summed E-state index contributed by atoms with van der Waals surface area (Å²) in [5.74, 6) is 0.179. The third kappa shape index (κ3) is 3.90. The van der Waals surface area contributed by atoms with E-state index in [9.17, 15) is 4.79 Å². The first-order valence-electron chi connectivity index (χ1n) is 8.94. The fraction of sp³-hybridized carbons (Fsp3) is 0.632. The second-order valence-electron chi connectivity index (χ2n) is 6.75. The highest BCUT2D eigenvalue weighted by Crippen LogP contribution is 2.26. The standard InChI is InChI=1S/C19H28N2O3/c1-15-17(7-5-11-24-15)19(22)20(2)14-16-6-3-4-8-18(16)21-9-12-23-13-10-21/h3-4,6,8,15,17H,5,7,9-14H2,1-2H3. The summed E-state index contributed by atoms with van der Waals surface area (Å²) in [6, 6.07) is 8.37. The Morgan fingerprint density at radius 2 is 2.00 bits per heavy atom. The van der Waals surface area contributed by atoms with E-state index in [1.165, 1.54) is 11.3 Å². The Bertz CT molecular complexity index is 557. The van der Waals surface area contributed by atoms with E-state index < -0.39 is 0 Å². The zero-order valence-electron chi connectivity index (χ0n) is 14.7. The number of para-hydroxylation sites is 1. The lowest BCUT2D eigenvalue weighted by atomic mass is 9.94. The van der Waals surface area contributed by atoms with E-state index in [1.807, 2.05) is 24.9 Å². The van der Waals surface area contributed by atoms with Crippen molar-refractivity contribution in [2.45, 2.75) is 32.4 Å². The van der Waals surface area contributed by atoms with Crippen LogP contribution in [0.5, 0.6) is 0 Å². The summed E-state index contributed by atoms with van der Waals surface area (Å²) in [6.45, 7) is 6.76. The molecule has 0 spiro atoms. The molecule has 2 unspecified atom stereocenters. The molecule has 1 aromatic carbocycles. The number of benzene rings is 1. The molecule has 2 aliphatic heterocycles. The first-order chi connectivity index (χ1) is 11.7. The molecule has 132 valence electrons. The first-order valence-corrected chi connectivity index (χ1v) is 8.94. The van der Waals surface area contributed by atoms with Crippen molar-refractivity contribution in [1.82, 2.24) is 4.90 Å². The lowest BCUT2D eigenvalue weighted by Gasteiger charge is -2.33. The lowest BCUT2D eigenvalue weighted by molar-refractivity contribution is -0.143. The van der Waals surface area contributed by atoms with E-state index in [0.717, 1.165) is 45.8 Å². The van der Waals surface area contributed by atoms with Crippen molar-refractivity contribution in [3.63, 3.8) is 0 Å². The van der Waals surface area contributed by atoms with Gasteiger partial charge in [-0.3, -0.25) is 4.79 Å². The molecule has 24 heavy (non-hydrogen) atoms. The number of morpholine rings is 1. The maximum Gasteiger partial charge on any atom is 0.228 e. The summed E-state index contributed by atoms with van der Waals surface area (Å²) in [5, 5.41) is 0. The van der Waals surface area contributed by atoms with Crippen molar-refractivity contribution in [2.24, 2.45) is 5.92 Å². The predicted octanol–water partition coefficient (Wildman–Crippen LogP) is 2.30. The van der Waals surface area contributed by atoms with Crippen molar-refractivity contribution in [3.05, 3.63) is 29.8 Å². The highest BCUT2D eigenvalue weighted by atomic mass is 16.5. The summed E-state index contributed by atoms with van der Waals surface area (Å²) in [4.78, 5) is 17.0. The highest BCUT2D eigenvalue weighted by molar-refractivity contribution is 5.79. The largest absolute Gasteiger partial charge is 0.378 e. The predicted molar refractivity (Wildman–Crippen MR) is 94.1 cm³/mol. The van der Waals surface area contributed by atoms with E-state index >= 15 is 0 Å². The van der Waals surface area contributed by atoms with Gasteiger partial charge in [-0.05, 0) is 31.4 Å². The molecule has 0 aliphatic carbocycles. The Morgan fingerprint density at radius 3 is 2.75 bits per heavy atom. The number of anilines is 1. The Hall–Kier alpha value is -1.59. The van der Waals surface area contributed by atoms with Gasteiger partial charge < -0.3 is 19.3 Å². The highest BCUT2D eigenvalue weighted by Gasteiger charge is 2.31. The molecule has 0 aromatic heterocycles. The van der Waals surface area contributed by atoms with Crippen molar-refractivity contribution in [1.29, 1.82) is 0 Å². The molecule has 5 nitrogen and oxygen atoms in total. The Balaban J connectivity index is 1.69. The number of nitrogens with zero attached hydrogens (tertiary/aromatic N) is 2. The van der Waals surface area contributed by atoms with Crippen LogP contribution in [0.2, 0.25) is 0 Å². The van der Waals surface area contributed by atoms with E-state index in [1.54, 1.807) is 0 Å². The number of hydrogen-bond donors (Lipinski definition) is 0. The maximum atomic E-state index is 12.8. The van der Waals surface area contributed by atoms with Crippen molar-refractivity contribution >= 4 is 11.6 Å². The van der Waals surface area contributed by atoms with E-state index in [-0.39, 0.29) is 17.9 Å². The van der Waals surface area contributed by atoms with Gasteiger partial charge in [-0.1, -0.05) is 18.2 Å². The summed E-state index contributed by atoms with van der Waals surface area (Å²) < 4.78 is 11.1. The third-order valence-electron chi connectivity index (χ3n) is 5.05. The molecule has 0 radical (unpaired) electrons. The van der Waals surface area contributed by atoms with Gasteiger partial charge in [0.25, 0.3) is 0 Å². The van der Waals surface area contributed by atoms with Gasteiger partial charge in [-0.15, -0.1) is 0 Å². The molecule has 2 saturated heterocycles. The van der Waals surface area contributed by atoms with Crippen LogP contribution < -0.4 is 4.90 Å². The second-order valence-corrected chi connectivity index (χ2v) is 6.75. The topological polar surface area (TPSA) is 42.0 Å². The minimum Gasteiger partial charge on any atom is -0.378 e. The molecule has 2 aliphatic rings. The number of hydrogen-bond acceptors (Lipinski definition) is 4. The molecule has 0 bridgehead atoms. The zero-order chi connectivity index (χ0) is 16.9. The molecule has 1 aromatic rings. The summed E-state index contributed by atoms with van der Waals surface area (Å²) in [5.41, 5.74) is 2.41. The van der Waals surface area contributed by atoms with Gasteiger partial charge in [0.15, 0.2) is 0 Å². The lowest BCUT2D eigenvalue weighted by Crippen LogP contribution is -2.41. The Morgan fingerprint density at radius 1 is 1.25 bits per heavy atom. The fourth-order valence-electron chi connectivity index (χ4n) is 3.62. The molecule has 0 saturated carbocycles. The maximum absolute atomic E-state index is 12.8. The van der Waals surface area contributed by atoms with Gasteiger partial charge in [-0.2, -0.15) is 0 Å². The van der Waals surface area contributed by atoms with Crippen LogP contribution in [0.1, 0.15) is 25.3 Å². The van der Waals surface area contributed by atoms with Crippen LogP contribution in [-0.4, -0.2) is 56.9 Å². The number of amides is 1. The first kappa shape index (κ1) is 17.2. The SMILES string of the molecule is CC1OCCCC1C(=O)N(C)Cc1ccccc1N1CCOCC1. The third-order valence-corrected chi connectivity index (χ3v) is 5.05. The molecule has 2 heterocycles. The Kier molecular flexibility index (Phi) is 5.74. The smallest absolute Gasteiger partial charge is 0.228 e. The van der Waals surface area contributed by atoms with Crippen LogP contribution in [-0.2, 0) is 20.8 Å². The van der Waals surface area contributed by atoms with Crippen molar-refractivity contribution < 1.29 is 14.3 Å². The number of ether oxygens (including phenoxy) is 2. The molecular formula is C19H28N2O3. The van der Waals surface area contributed by atoms with Gasteiger partial charge in [0, 0.05) is 39.0 Å². The van der Waals surface area contributed by atoms with Crippen LogP contribution in [0.3, 0.4) is 0 Å². The van der Waals surface area contributed by atoms with Gasteiger partial charge >= 0.3 is 0 Å². The minimum absolute atomic E-state index is 0.0145. The number of rotatable bonds is 4. The zero-order valence-corrected chi connectivity index (χ0v) is 14.7. The van der Waals surface area contributed by atoms with Gasteiger partial charge in [0.2, 0.25) is 5.91 Å². The summed E-state index contributed by atoms with van der Waals surface area (Å²) in [7, 11) is 1.90. The number of carbonyl (C=O) groups is 1.